The van der Waals surface area contributed by atoms with Gasteiger partial charge in [-0.15, -0.1) is 0 Å². The highest BCUT2D eigenvalue weighted by molar-refractivity contribution is 5.76. The zero-order chi connectivity index (χ0) is 12.4. The molecule has 0 saturated carbocycles. The Morgan fingerprint density at radius 3 is 2.72 bits per heavy atom. The van der Waals surface area contributed by atoms with Crippen LogP contribution in [0.3, 0.4) is 0 Å². The summed E-state index contributed by atoms with van der Waals surface area (Å²) in [4.78, 5) is 4.50. The SMILES string of the molecule is CNCc1ccc2nc(-c3ccccc3)oc2c1. The van der Waals surface area contributed by atoms with E-state index in [4.69, 9.17) is 4.42 Å². The van der Waals surface area contributed by atoms with E-state index in [9.17, 15) is 0 Å². The van der Waals surface area contributed by atoms with Gasteiger partial charge in [0, 0.05) is 12.1 Å². The molecule has 0 spiro atoms. The van der Waals surface area contributed by atoms with E-state index in [1.807, 2.05) is 49.5 Å². The Balaban J connectivity index is 2.06. The molecule has 0 aliphatic rings. The van der Waals surface area contributed by atoms with E-state index < -0.39 is 0 Å². The number of nitrogens with zero attached hydrogens (tertiary/aromatic N) is 1. The number of oxazole rings is 1. The van der Waals surface area contributed by atoms with Crippen molar-refractivity contribution < 1.29 is 4.42 Å². The first kappa shape index (κ1) is 11.0. The van der Waals surface area contributed by atoms with Crippen LogP contribution < -0.4 is 5.32 Å². The van der Waals surface area contributed by atoms with Crippen LogP contribution in [-0.2, 0) is 6.54 Å². The Hall–Kier alpha value is -2.13. The smallest absolute Gasteiger partial charge is 0.227 e. The molecule has 2 aromatic carbocycles. The lowest BCUT2D eigenvalue weighted by atomic mass is 10.2. The van der Waals surface area contributed by atoms with Crippen molar-refractivity contribution in [2.75, 3.05) is 7.05 Å². The minimum absolute atomic E-state index is 0.673. The molecule has 0 radical (unpaired) electrons. The van der Waals surface area contributed by atoms with E-state index in [1.165, 1.54) is 5.56 Å². The van der Waals surface area contributed by atoms with Crippen LogP contribution >= 0.6 is 0 Å². The second-order valence-corrected chi connectivity index (χ2v) is 4.22. The quantitative estimate of drug-likeness (QED) is 0.761. The maximum absolute atomic E-state index is 5.80. The Labute approximate surface area is 105 Å². The molecule has 0 saturated heterocycles. The molecule has 0 aliphatic carbocycles. The van der Waals surface area contributed by atoms with E-state index in [1.54, 1.807) is 0 Å². The number of hydrogen-bond acceptors (Lipinski definition) is 3. The van der Waals surface area contributed by atoms with E-state index in [-0.39, 0.29) is 0 Å². The average Bonchev–Trinajstić information content (AvgIpc) is 2.83. The Kier molecular flexibility index (Phi) is 2.82. The fraction of sp³-hybridized carbons (Fsp3) is 0.133. The summed E-state index contributed by atoms with van der Waals surface area (Å²) < 4.78 is 5.80. The molecule has 0 fully saturated rings. The van der Waals surface area contributed by atoms with Gasteiger partial charge in [0.1, 0.15) is 5.52 Å². The number of benzene rings is 2. The van der Waals surface area contributed by atoms with Crippen LogP contribution in [0.2, 0.25) is 0 Å². The first-order chi connectivity index (χ1) is 8.86. The normalized spacial score (nSPS) is 10.9. The molecule has 0 bridgehead atoms. The topological polar surface area (TPSA) is 38.1 Å². The van der Waals surface area contributed by atoms with Gasteiger partial charge in [0.15, 0.2) is 5.58 Å². The summed E-state index contributed by atoms with van der Waals surface area (Å²) in [6, 6.07) is 16.0. The van der Waals surface area contributed by atoms with Crippen molar-refractivity contribution in [2.45, 2.75) is 6.54 Å². The highest BCUT2D eigenvalue weighted by Gasteiger charge is 2.07. The predicted molar refractivity (Wildman–Crippen MR) is 72.2 cm³/mol. The van der Waals surface area contributed by atoms with Crippen LogP contribution in [0.4, 0.5) is 0 Å². The molecule has 0 unspecified atom stereocenters. The average molecular weight is 238 g/mol. The fourth-order valence-electron chi connectivity index (χ4n) is 1.99. The van der Waals surface area contributed by atoms with Crippen molar-refractivity contribution in [3.8, 4) is 11.5 Å². The van der Waals surface area contributed by atoms with Gasteiger partial charge in [-0.2, -0.15) is 0 Å². The van der Waals surface area contributed by atoms with Crippen LogP contribution in [-0.4, -0.2) is 12.0 Å². The third kappa shape index (κ3) is 2.00. The van der Waals surface area contributed by atoms with Crippen molar-refractivity contribution >= 4 is 11.1 Å². The Bertz CT molecular complexity index is 659. The van der Waals surface area contributed by atoms with Gasteiger partial charge in [0.05, 0.1) is 0 Å². The van der Waals surface area contributed by atoms with E-state index >= 15 is 0 Å². The molecule has 1 N–H and O–H groups in total. The van der Waals surface area contributed by atoms with Gasteiger partial charge >= 0.3 is 0 Å². The van der Waals surface area contributed by atoms with Crippen molar-refractivity contribution in [2.24, 2.45) is 0 Å². The molecule has 0 atom stereocenters. The standard InChI is InChI=1S/C15H14N2O/c1-16-10-11-7-8-13-14(9-11)18-15(17-13)12-5-3-2-4-6-12/h2-9,16H,10H2,1H3. The summed E-state index contributed by atoms with van der Waals surface area (Å²) in [5.41, 5.74) is 3.93. The summed E-state index contributed by atoms with van der Waals surface area (Å²) in [5, 5.41) is 3.13. The van der Waals surface area contributed by atoms with Gasteiger partial charge < -0.3 is 9.73 Å². The summed E-state index contributed by atoms with van der Waals surface area (Å²) in [5.74, 6) is 0.673. The van der Waals surface area contributed by atoms with Crippen LogP contribution in [0, 0.1) is 0 Å². The number of aromatic nitrogens is 1. The van der Waals surface area contributed by atoms with Crippen LogP contribution in [0.1, 0.15) is 5.56 Å². The lowest BCUT2D eigenvalue weighted by molar-refractivity contribution is 0.619. The number of nitrogens with one attached hydrogen (secondary N) is 1. The maximum atomic E-state index is 5.80. The van der Waals surface area contributed by atoms with E-state index in [0.29, 0.717) is 5.89 Å². The van der Waals surface area contributed by atoms with Crippen LogP contribution in [0.15, 0.2) is 52.9 Å². The van der Waals surface area contributed by atoms with Crippen LogP contribution in [0.25, 0.3) is 22.6 Å². The third-order valence-corrected chi connectivity index (χ3v) is 2.85. The van der Waals surface area contributed by atoms with E-state index in [2.05, 4.69) is 16.4 Å². The monoisotopic (exact) mass is 238 g/mol. The van der Waals surface area contributed by atoms with Gasteiger partial charge in [0.2, 0.25) is 5.89 Å². The lowest BCUT2D eigenvalue weighted by Gasteiger charge is -1.97. The van der Waals surface area contributed by atoms with Gasteiger partial charge in [-0.25, -0.2) is 4.98 Å². The van der Waals surface area contributed by atoms with Gasteiger partial charge in [-0.05, 0) is 36.9 Å². The molecule has 0 amide bonds. The molecule has 1 heterocycles. The van der Waals surface area contributed by atoms with Gasteiger partial charge in [-0.3, -0.25) is 0 Å². The minimum atomic E-state index is 0.673. The largest absolute Gasteiger partial charge is 0.436 e. The van der Waals surface area contributed by atoms with Gasteiger partial charge in [-0.1, -0.05) is 24.3 Å². The summed E-state index contributed by atoms with van der Waals surface area (Å²) in [6.07, 6.45) is 0. The summed E-state index contributed by atoms with van der Waals surface area (Å²) in [6.45, 7) is 0.831. The summed E-state index contributed by atoms with van der Waals surface area (Å²) >= 11 is 0. The van der Waals surface area contributed by atoms with Crippen molar-refractivity contribution in [1.29, 1.82) is 0 Å². The Morgan fingerprint density at radius 2 is 1.94 bits per heavy atom. The van der Waals surface area contributed by atoms with Crippen molar-refractivity contribution in [3.05, 3.63) is 54.1 Å². The number of rotatable bonds is 3. The predicted octanol–water partition coefficient (Wildman–Crippen LogP) is 3.21. The maximum Gasteiger partial charge on any atom is 0.227 e. The molecule has 3 aromatic rings. The second-order valence-electron chi connectivity index (χ2n) is 4.22. The minimum Gasteiger partial charge on any atom is -0.436 e. The number of hydrogen-bond donors (Lipinski definition) is 1. The molecule has 90 valence electrons. The van der Waals surface area contributed by atoms with Gasteiger partial charge in [0.25, 0.3) is 0 Å². The first-order valence-corrected chi connectivity index (χ1v) is 5.96. The molecule has 3 heteroatoms. The zero-order valence-corrected chi connectivity index (χ0v) is 10.2. The Morgan fingerprint density at radius 1 is 1.11 bits per heavy atom. The molecule has 3 nitrogen and oxygen atoms in total. The number of fused-ring (bicyclic) bond motifs is 1. The molecule has 1 aromatic heterocycles. The molecular formula is C15H14N2O. The molecular weight excluding hydrogens is 224 g/mol. The second kappa shape index (κ2) is 4.63. The highest BCUT2D eigenvalue weighted by Crippen LogP contribution is 2.24. The van der Waals surface area contributed by atoms with Crippen molar-refractivity contribution in [3.63, 3.8) is 0 Å². The highest BCUT2D eigenvalue weighted by atomic mass is 16.3. The lowest BCUT2D eigenvalue weighted by Crippen LogP contribution is -2.04. The molecule has 3 rings (SSSR count). The molecule has 18 heavy (non-hydrogen) atoms. The van der Waals surface area contributed by atoms with E-state index in [0.717, 1.165) is 23.2 Å². The van der Waals surface area contributed by atoms with Crippen LogP contribution in [0.5, 0.6) is 0 Å². The van der Waals surface area contributed by atoms with Crippen molar-refractivity contribution in [1.82, 2.24) is 10.3 Å². The first-order valence-electron chi connectivity index (χ1n) is 5.96. The fourth-order valence-corrected chi connectivity index (χ4v) is 1.99. The third-order valence-electron chi connectivity index (χ3n) is 2.85. The molecule has 0 aliphatic heterocycles. The summed E-state index contributed by atoms with van der Waals surface area (Å²) in [7, 11) is 1.93. The zero-order valence-electron chi connectivity index (χ0n) is 10.2.